The first-order valence-electron chi connectivity index (χ1n) is 5.09. The van der Waals surface area contributed by atoms with Crippen molar-refractivity contribution in [2.45, 2.75) is 19.8 Å². The zero-order valence-corrected chi connectivity index (χ0v) is 10.3. The third kappa shape index (κ3) is 1.80. The average Bonchev–Trinajstić information content (AvgIpc) is 2.74. The van der Waals surface area contributed by atoms with E-state index in [1.165, 1.54) is 7.11 Å². The van der Waals surface area contributed by atoms with Crippen molar-refractivity contribution in [2.75, 3.05) is 7.11 Å². The fraction of sp³-hybridized carbons (Fsp3) is 0.333. The van der Waals surface area contributed by atoms with Gasteiger partial charge in [-0.1, -0.05) is 13.8 Å². The molecule has 84 valence electrons. The summed E-state index contributed by atoms with van der Waals surface area (Å²) in [6.07, 6.45) is 0. The monoisotopic (exact) mass is 235 g/mol. The summed E-state index contributed by atoms with van der Waals surface area (Å²) < 4.78 is 5.78. The number of thiazole rings is 1. The smallest absolute Gasteiger partial charge is 0.337 e. The Labute approximate surface area is 98.1 Å². The Morgan fingerprint density at radius 2 is 2.19 bits per heavy atom. The molecule has 0 fully saturated rings. The minimum absolute atomic E-state index is 0.294. The van der Waals surface area contributed by atoms with Crippen LogP contribution in [0.1, 0.15) is 35.7 Å². The number of benzene rings is 1. The zero-order valence-electron chi connectivity index (χ0n) is 9.48. The summed E-state index contributed by atoms with van der Waals surface area (Å²) in [5.41, 5.74) is 4.49. The number of hydrogen-bond donors (Lipinski definition) is 0. The van der Waals surface area contributed by atoms with Gasteiger partial charge in [0.15, 0.2) is 0 Å². The van der Waals surface area contributed by atoms with Crippen molar-refractivity contribution in [2.24, 2.45) is 0 Å². The molecule has 0 unspecified atom stereocenters. The predicted molar refractivity (Wildman–Crippen MR) is 65.0 cm³/mol. The largest absolute Gasteiger partial charge is 0.465 e. The molecule has 0 saturated heterocycles. The van der Waals surface area contributed by atoms with Gasteiger partial charge in [0, 0.05) is 0 Å². The quantitative estimate of drug-likeness (QED) is 0.750. The molecule has 0 aliphatic rings. The summed E-state index contributed by atoms with van der Waals surface area (Å²) in [5.74, 6) is 0.0476. The van der Waals surface area contributed by atoms with Crippen LogP contribution >= 0.6 is 11.3 Å². The van der Waals surface area contributed by atoms with Gasteiger partial charge in [-0.05, 0) is 23.6 Å². The fourth-order valence-electron chi connectivity index (χ4n) is 1.67. The molecule has 1 aromatic heterocycles. The Kier molecular flexibility index (Phi) is 2.92. The second kappa shape index (κ2) is 4.22. The number of ether oxygens (including phenoxy) is 1. The molecule has 0 radical (unpaired) electrons. The predicted octanol–water partition coefficient (Wildman–Crippen LogP) is 3.21. The average molecular weight is 235 g/mol. The van der Waals surface area contributed by atoms with E-state index in [-0.39, 0.29) is 5.97 Å². The fourth-order valence-corrected chi connectivity index (χ4v) is 2.42. The third-order valence-corrected chi connectivity index (χ3v) is 3.28. The molecule has 0 saturated carbocycles. The molecule has 0 amide bonds. The summed E-state index contributed by atoms with van der Waals surface area (Å²) in [6.45, 7) is 4.18. The van der Waals surface area contributed by atoms with Crippen LogP contribution in [0.15, 0.2) is 17.6 Å². The van der Waals surface area contributed by atoms with Gasteiger partial charge < -0.3 is 4.74 Å². The number of methoxy groups -OCH3 is 1. The molecule has 3 nitrogen and oxygen atoms in total. The van der Waals surface area contributed by atoms with Crippen molar-refractivity contribution < 1.29 is 9.53 Å². The Bertz CT molecular complexity index is 531. The van der Waals surface area contributed by atoms with E-state index in [0.717, 1.165) is 15.8 Å². The lowest BCUT2D eigenvalue weighted by Crippen LogP contribution is -2.02. The number of aromatic nitrogens is 1. The zero-order chi connectivity index (χ0) is 11.7. The number of fused-ring (bicyclic) bond motifs is 1. The molecule has 2 rings (SSSR count). The van der Waals surface area contributed by atoms with Gasteiger partial charge in [0.1, 0.15) is 0 Å². The minimum Gasteiger partial charge on any atom is -0.465 e. The number of hydrogen-bond acceptors (Lipinski definition) is 4. The molecule has 1 aromatic carbocycles. The summed E-state index contributed by atoms with van der Waals surface area (Å²) in [4.78, 5) is 15.8. The maximum Gasteiger partial charge on any atom is 0.337 e. The molecule has 0 spiro atoms. The maximum atomic E-state index is 11.5. The molecule has 0 bridgehead atoms. The van der Waals surface area contributed by atoms with Crippen LogP contribution < -0.4 is 0 Å². The molecule has 0 atom stereocenters. The van der Waals surface area contributed by atoms with Crippen LogP contribution in [0.25, 0.3) is 10.2 Å². The van der Waals surface area contributed by atoms with Crippen LogP contribution in [-0.4, -0.2) is 18.1 Å². The standard InChI is InChI=1S/C12H13NO2S/c1-7(2)9-4-8(12(14)15-3)5-10-11(9)13-6-16-10/h4-7H,1-3H3. The summed E-state index contributed by atoms with van der Waals surface area (Å²) in [6, 6.07) is 3.71. The molecule has 0 N–H and O–H groups in total. The Balaban J connectivity index is 2.66. The van der Waals surface area contributed by atoms with Gasteiger partial charge >= 0.3 is 5.97 Å². The SMILES string of the molecule is COC(=O)c1cc(C(C)C)c2ncsc2c1. The van der Waals surface area contributed by atoms with Crippen molar-refractivity contribution in [3.05, 3.63) is 28.8 Å². The molecule has 0 aliphatic carbocycles. The van der Waals surface area contributed by atoms with Crippen LogP contribution in [0.4, 0.5) is 0 Å². The second-order valence-corrected chi connectivity index (χ2v) is 4.80. The summed E-state index contributed by atoms with van der Waals surface area (Å²) in [7, 11) is 1.40. The third-order valence-electron chi connectivity index (χ3n) is 2.51. The lowest BCUT2D eigenvalue weighted by Gasteiger charge is -2.08. The second-order valence-electron chi connectivity index (χ2n) is 3.91. The molecular weight excluding hydrogens is 222 g/mol. The number of nitrogens with zero attached hydrogens (tertiary/aromatic N) is 1. The highest BCUT2D eigenvalue weighted by atomic mass is 32.1. The van der Waals surface area contributed by atoms with E-state index < -0.39 is 0 Å². The van der Waals surface area contributed by atoms with Gasteiger partial charge in [-0.2, -0.15) is 0 Å². The topological polar surface area (TPSA) is 39.2 Å². The molecule has 2 aromatic rings. The lowest BCUT2D eigenvalue weighted by atomic mass is 9.99. The van der Waals surface area contributed by atoms with Crippen LogP contribution in [0.5, 0.6) is 0 Å². The van der Waals surface area contributed by atoms with Crippen LogP contribution in [0.2, 0.25) is 0 Å². The highest BCUT2D eigenvalue weighted by Gasteiger charge is 2.14. The molecule has 0 aliphatic heterocycles. The highest BCUT2D eigenvalue weighted by Crippen LogP contribution is 2.28. The van der Waals surface area contributed by atoms with Gasteiger partial charge in [-0.3, -0.25) is 0 Å². The van der Waals surface area contributed by atoms with E-state index in [9.17, 15) is 4.79 Å². The van der Waals surface area contributed by atoms with E-state index in [0.29, 0.717) is 11.5 Å². The van der Waals surface area contributed by atoms with E-state index in [1.807, 2.05) is 12.1 Å². The number of carbonyl (C=O) groups is 1. The molecule has 4 heteroatoms. The van der Waals surface area contributed by atoms with Gasteiger partial charge in [0.2, 0.25) is 0 Å². The summed E-state index contributed by atoms with van der Waals surface area (Å²) in [5, 5.41) is 0. The van der Waals surface area contributed by atoms with Crippen molar-refractivity contribution in [3.63, 3.8) is 0 Å². The Hall–Kier alpha value is -1.42. The van der Waals surface area contributed by atoms with Crippen LogP contribution in [0, 0.1) is 0 Å². The van der Waals surface area contributed by atoms with Crippen molar-refractivity contribution in [1.82, 2.24) is 4.98 Å². The maximum absolute atomic E-state index is 11.5. The molecule has 1 heterocycles. The first kappa shape index (κ1) is 11.1. The van der Waals surface area contributed by atoms with Crippen LogP contribution in [0.3, 0.4) is 0 Å². The van der Waals surface area contributed by atoms with E-state index in [4.69, 9.17) is 4.74 Å². The van der Waals surface area contributed by atoms with Crippen molar-refractivity contribution in [1.29, 1.82) is 0 Å². The molecular formula is C12H13NO2S. The van der Waals surface area contributed by atoms with E-state index in [2.05, 4.69) is 18.8 Å². The van der Waals surface area contributed by atoms with Crippen LogP contribution in [-0.2, 0) is 4.74 Å². The normalized spacial score (nSPS) is 11.0. The van der Waals surface area contributed by atoms with Gasteiger partial charge in [-0.15, -0.1) is 11.3 Å². The van der Waals surface area contributed by atoms with Gasteiger partial charge in [0.05, 0.1) is 28.4 Å². The van der Waals surface area contributed by atoms with E-state index >= 15 is 0 Å². The van der Waals surface area contributed by atoms with Crippen molar-refractivity contribution >= 4 is 27.5 Å². The number of esters is 1. The number of carbonyl (C=O) groups excluding carboxylic acids is 1. The lowest BCUT2D eigenvalue weighted by molar-refractivity contribution is 0.0601. The van der Waals surface area contributed by atoms with Crippen molar-refractivity contribution in [3.8, 4) is 0 Å². The first-order valence-corrected chi connectivity index (χ1v) is 5.97. The van der Waals surface area contributed by atoms with Gasteiger partial charge in [-0.25, -0.2) is 9.78 Å². The Morgan fingerprint density at radius 3 is 2.81 bits per heavy atom. The Morgan fingerprint density at radius 1 is 1.44 bits per heavy atom. The minimum atomic E-state index is -0.294. The summed E-state index contributed by atoms with van der Waals surface area (Å²) >= 11 is 1.54. The molecule has 16 heavy (non-hydrogen) atoms. The van der Waals surface area contributed by atoms with Gasteiger partial charge in [0.25, 0.3) is 0 Å². The highest BCUT2D eigenvalue weighted by molar-refractivity contribution is 7.16. The number of rotatable bonds is 2. The van der Waals surface area contributed by atoms with E-state index in [1.54, 1.807) is 16.8 Å². The first-order chi connectivity index (χ1) is 7.63.